The van der Waals surface area contributed by atoms with Crippen LogP contribution in [0.2, 0.25) is 0 Å². The van der Waals surface area contributed by atoms with Crippen LogP contribution in [0.1, 0.15) is 31.4 Å². The van der Waals surface area contributed by atoms with Crippen LogP contribution < -0.4 is 14.2 Å². The number of fused-ring (bicyclic) bond motifs is 7. The monoisotopic (exact) mass is 453 g/mol. The van der Waals surface area contributed by atoms with Crippen LogP contribution >= 0.6 is 0 Å². The van der Waals surface area contributed by atoms with Gasteiger partial charge in [0.15, 0.2) is 17.6 Å². The standard InChI is InChI=1S/C24H25NO6.C2H6/c1-29-13-4-5-14-16(8-13)18-10-22(31-3)21(30-2)9-17(18)15-6-12-7-20(26)23(27)24(28)25(12)11-19(14)15;1-2/h4-5,8-10,12,20,23,26-27H,6-7,11H2,1-3H3;1-2H3. The summed E-state index contributed by atoms with van der Waals surface area (Å²) in [7, 11) is 4.86. The summed E-state index contributed by atoms with van der Waals surface area (Å²) in [5.41, 5.74) is 2.18. The third-order valence-electron chi connectivity index (χ3n) is 6.68. The zero-order valence-electron chi connectivity index (χ0n) is 19.7. The average molecular weight is 454 g/mol. The highest BCUT2D eigenvalue weighted by atomic mass is 16.5. The summed E-state index contributed by atoms with van der Waals surface area (Å²) in [6, 6.07) is 9.73. The Balaban J connectivity index is 0.00000126. The number of aliphatic hydroxyl groups excluding tert-OH is 2. The molecule has 1 saturated heterocycles. The highest BCUT2D eigenvalue weighted by Gasteiger charge is 2.43. The molecule has 0 saturated carbocycles. The van der Waals surface area contributed by atoms with E-state index in [4.69, 9.17) is 14.2 Å². The maximum absolute atomic E-state index is 12.7. The quantitative estimate of drug-likeness (QED) is 0.591. The molecule has 0 aliphatic carbocycles. The number of aliphatic hydroxyl groups is 2. The fraction of sp³-hybridized carbons (Fsp3) is 0.423. The molecule has 176 valence electrons. The molecule has 2 aliphatic rings. The Hall–Kier alpha value is -3.03. The second kappa shape index (κ2) is 9.08. The first-order chi connectivity index (χ1) is 16.0. The summed E-state index contributed by atoms with van der Waals surface area (Å²) in [4.78, 5) is 14.4. The minimum Gasteiger partial charge on any atom is -0.497 e. The van der Waals surface area contributed by atoms with Gasteiger partial charge in [-0.1, -0.05) is 19.9 Å². The fourth-order valence-corrected chi connectivity index (χ4v) is 5.08. The number of hydrogen-bond donors (Lipinski definition) is 2. The van der Waals surface area contributed by atoms with Gasteiger partial charge < -0.3 is 29.3 Å². The van der Waals surface area contributed by atoms with Crippen molar-refractivity contribution in [2.75, 3.05) is 21.3 Å². The maximum Gasteiger partial charge on any atom is 0.254 e. The van der Waals surface area contributed by atoms with Crippen LogP contribution in [0.25, 0.3) is 21.5 Å². The van der Waals surface area contributed by atoms with Crippen molar-refractivity contribution in [1.29, 1.82) is 0 Å². The molecule has 33 heavy (non-hydrogen) atoms. The Morgan fingerprint density at radius 3 is 2.12 bits per heavy atom. The molecular formula is C26H31NO6. The van der Waals surface area contributed by atoms with E-state index in [1.54, 1.807) is 26.2 Å². The molecule has 2 aliphatic heterocycles. The lowest BCUT2D eigenvalue weighted by Gasteiger charge is -2.44. The Labute approximate surface area is 193 Å². The van der Waals surface area contributed by atoms with E-state index in [1.807, 2.05) is 44.2 Å². The molecule has 3 aromatic rings. The molecule has 3 atom stereocenters. The highest BCUT2D eigenvalue weighted by molar-refractivity contribution is 6.12. The van der Waals surface area contributed by atoms with E-state index in [2.05, 4.69) is 0 Å². The fourth-order valence-electron chi connectivity index (χ4n) is 5.08. The Kier molecular flexibility index (Phi) is 6.36. The SMILES string of the molecule is CC.COc1ccc2c3c(c4cc(OC)c(OC)cc4c2c1)CC1CC(O)C(O)C(=O)N1C3. The average Bonchev–Trinajstić information content (AvgIpc) is 2.86. The summed E-state index contributed by atoms with van der Waals surface area (Å²) >= 11 is 0. The number of methoxy groups -OCH3 is 3. The van der Waals surface area contributed by atoms with Crippen molar-refractivity contribution in [2.45, 2.75) is 51.5 Å². The van der Waals surface area contributed by atoms with Gasteiger partial charge in [-0.25, -0.2) is 0 Å². The molecule has 1 amide bonds. The van der Waals surface area contributed by atoms with E-state index in [0.717, 1.165) is 38.4 Å². The van der Waals surface area contributed by atoms with Gasteiger partial charge >= 0.3 is 0 Å². The Morgan fingerprint density at radius 1 is 0.848 bits per heavy atom. The van der Waals surface area contributed by atoms with Gasteiger partial charge in [0.2, 0.25) is 0 Å². The van der Waals surface area contributed by atoms with Crippen molar-refractivity contribution in [3.8, 4) is 17.2 Å². The number of amides is 1. The maximum atomic E-state index is 12.7. The van der Waals surface area contributed by atoms with Crippen molar-refractivity contribution in [3.05, 3.63) is 41.5 Å². The van der Waals surface area contributed by atoms with E-state index in [0.29, 0.717) is 30.9 Å². The normalized spacial score (nSPS) is 21.7. The second-order valence-corrected chi connectivity index (χ2v) is 8.19. The van der Waals surface area contributed by atoms with Crippen LogP contribution in [0.15, 0.2) is 30.3 Å². The summed E-state index contributed by atoms with van der Waals surface area (Å²) in [5, 5.41) is 24.4. The Bertz CT molecular complexity index is 1210. The van der Waals surface area contributed by atoms with Crippen molar-refractivity contribution in [1.82, 2.24) is 4.90 Å². The zero-order valence-corrected chi connectivity index (χ0v) is 19.7. The Morgan fingerprint density at radius 2 is 1.48 bits per heavy atom. The largest absolute Gasteiger partial charge is 0.497 e. The number of hydrogen-bond acceptors (Lipinski definition) is 6. The predicted octanol–water partition coefficient (Wildman–Crippen LogP) is 3.42. The smallest absolute Gasteiger partial charge is 0.254 e. The van der Waals surface area contributed by atoms with Gasteiger partial charge in [-0.05, 0) is 69.8 Å². The lowest BCUT2D eigenvalue weighted by Crippen LogP contribution is -2.58. The number of carbonyl (C=O) groups is 1. The molecule has 0 aromatic heterocycles. The molecule has 0 spiro atoms. The van der Waals surface area contributed by atoms with Crippen LogP contribution in [-0.4, -0.2) is 60.6 Å². The van der Waals surface area contributed by atoms with E-state index in [9.17, 15) is 15.0 Å². The number of benzene rings is 3. The first kappa shape index (κ1) is 23.1. The molecule has 3 aromatic carbocycles. The van der Waals surface area contributed by atoms with Crippen molar-refractivity contribution >= 4 is 27.5 Å². The lowest BCUT2D eigenvalue weighted by atomic mass is 9.81. The van der Waals surface area contributed by atoms with Crippen LogP contribution in [0.4, 0.5) is 0 Å². The van der Waals surface area contributed by atoms with Gasteiger partial charge in [0.1, 0.15) is 5.75 Å². The number of rotatable bonds is 3. The van der Waals surface area contributed by atoms with Crippen LogP contribution in [0, 0.1) is 0 Å². The minimum atomic E-state index is -1.37. The van der Waals surface area contributed by atoms with Crippen molar-refractivity contribution in [3.63, 3.8) is 0 Å². The predicted molar refractivity (Wildman–Crippen MR) is 127 cm³/mol. The first-order valence-electron chi connectivity index (χ1n) is 11.3. The second-order valence-electron chi connectivity index (χ2n) is 8.19. The van der Waals surface area contributed by atoms with Crippen LogP contribution in [0.5, 0.6) is 17.2 Å². The van der Waals surface area contributed by atoms with E-state index in [1.165, 1.54) is 0 Å². The van der Waals surface area contributed by atoms with Gasteiger partial charge in [0, 0.05) is 12.6 Å². The zero-order chi connectivity index (χ0) is 23.9. The van der Waals surface area contributed by atoms with Crippen molar-refractivity contribution < 1.29 is 29.2 Å². The molecule has 7 nitrogen and oxygen atoms in total. The molecule has 2 heterocycles. The van der Waals surface area contributed by atoms with Gasteiger partial charge in [-0.15, -0.1) is 0 Å². The topological polar surface area (TPSA) is 88.5 Å². The first-order valence-corrected chi connectivity index (χ1v) is 11.3. The van der Waals surface area contributed by atoms with E-state index < -0.39 is 18.1 Å². The van der Waals surface area contributed by atoms with E-state index in [-0.39, 0.29) is 6.04 Å². The van der Waals surface area contributed by atoms with Crippen LogP contribution in [0.3, 0.4) is 0 Å². The molecule has 1 fully saturated rings. The number of carbonyl (C=O) groups excluding carboxylic acids is 1. The summed E-state index contributed by atoms with van der Waals surface area (Å²) < 4.78 is 16.6. The van der Waals surface area contributed by atoms with Crippen molar-refractivity contribution in [2.24, 2.45) is 0 Å². The molecule has 2 N–H and O–H groups in total. The van der Waals surface area contributed by atoms with E-state index >= 15 is 0 Å². The molecule has 5 rings (SSSR count). The number of ether oxygens (including phenoxy) is 3. The third-order valence-corrected chi connectivity index (χ3v) is 6.68. The molecule has 3 unspecified atom stereocenters. The molecule has 7 heteroatoms. The van der Waals surface area contributed by atoms with Gasteiger partial charge in [0.05, 0.1) is 27.4 Å². The summed E-state index contributed by atoms with van der Waals surface area (Å²) in [6.45, 7) is 4.38. The highest BCUT2D eigenvalue weighted by Crippen LogP contribution is 2.44. The molecule has 0 bridgehead atoms. The summed E-state index contributed by atoms with van der Waals surface area (Å²) in [5.74, 6) is 1.60. The lowest BCUT2D eigenvalue weighted by molar-refractivity contribution is -0.159. The van der Waals surface area contributed by atoms with Gasteiger partial charge in [-0.3, -0.25) is 4.79 Å². The van der Waals surface area contributed by atoms with Crippen LogP contribution in [-0.2, 0) is 17.8 Å². The minimum absolute atomic E-state index is 0.162. The van der Waals surface area contributed by atoms with Gasteiger partial charge in [-0.2, -0.15) is 0 Å². The number of nitrogens with zero attached hydrogens (tertiary/aromatic N) is 1. The molecule has 0 radical (unpaired) electrons. The third kappa shape index (κ3) is 3.65. The number of piperidine rings is 1. The summed E-state index contributed by atoms with van der Waals surface area (Å²) in [6.07, 6.45) is -1.46. The van der Waals surface area contributed by atoms with Gasteiger partial charge in [0.25, 0.3) is 5.91 Å². The molecular weight excluding hydrogens is 422 g/mol.